The first kappa shape index (κ1) is 17.7. The van der Waals surface area contributed by atoms with Crippen molar-refractivity contribution in [1.82, 2.24) is 0 Å². The third-order valence-electron chi connectivity index (χ3n) is 3.24. The molecule has 0 aliphatic heterocycles. The second kappa shape index (κ2) is 6.17. The Morgan fingerprint density at radius 1 is 0.826 bits per heavy atom. The Kier molecular flexibility index (Phi) is 4.74. The number of hydrogen-bond donors (Lipinski definition) is 1. The SMILES string of the molecule is CCC(C)c1c(O)c([N+](=O)[O-])c([N+](=O)[O-])c([N+](=O)[O-])c1[N+](=O)[O-]. The van der Waals surface area contributed by atoms with E-state index in [1.54, 1.807) is 0 Å². The van der Waals surface area contributed by atoms with E-state index in [-0.39, 0.29) is 6.42 Å². The summed E-state index contributed by atoms with van der Waals surface area (Å²) in [5, 5.41) is 54.2. The van der Waals surface area contributed by atoms with Crippen molar-refractivity contribution >= 4 is 22.7 Å². The van der Waals surface area contributed by atoms with Crippen molar-refractivity contribution in [3.8, 4) is 5.75 Å². The Morgan fingerprint density at radius 3 is 1.48 bits per heavy atom. The molecule has 1 rings (SSSR count). The summed E-state index contributed by atoms with van der Waals surface area (Å²) < 4.78 is 0. The Labute approximate surface area is 126 Å². The molecule has 1 N–H and O–H groups in total. The van der Waals surface area contributed by atoms with Crippen molar-refractivity contribution < 1.29 is 24.8 Å². The van der Waals surface area contributed by atoms with Gasteiger partial charge in [-0.05, 0) is 12.3 Å². The molecule has 0 amide bonds. The Morgan fingerprint density at radius 2 is 1.17 bits per heavy atom. The fourth-order valence-corrected chi connectivity index (χ4v) is 2.08. The molecule has 23 heavy (non-hydrogen) atoms. The molecule has 0 bridgehead atoms. The fraction of sp³-hybridized carbons (Fsp3) is 0.400. The summed E-state index contributed by atoms with van der Waals surface area (Å²) in [6, 6.07) is 0. The molecule has 1 aromatic carbocycles. The number of nitrogens with zero attached hydrogens (tertiary/aromatic N) is 4. The van der Waals surface area contributed by atoms with Crippen LogP contribution in [0.25, 0.3) is 0 Å². The fourth-order valence-electron chi connectivity index (χ4n) is 2.08. The molecule has 0 saturated heterocycles. The van der Waals surface area contributed by atoms with Crippen molar-refractivity contribution in [2.75, 3.05) is 0 Å². The molecule has 0 saturated carbocycles. The smallest absolute Gasteiger partial charge is 0.433 e. The second-order valence-electron chi connectivity index (χ2n) is 4.49. The minimum atomic E-state index is -1.73. The monoisotopic (exact) mass is 330 g/mol. The molecule has 1 unspecified atom stereocenters. The zero-order chi connectivity index (χ0) is 18.1. The first-order valence-corrected chi connectivity index (χ1v) is 6.06. The lowest BCUT2D eigenvalue weighted by Crippen LogP contribution is -2.09. The first-order valence-electron chi connectivity index (χ1n) is 6.06. The quantitative estimate of drug-likeness (QED) is 0.602. The normalized spacial score (nSPS) is 11.7. The molecule has 1 atom stereocenters. The van der Waals surface area contributed by atoms with E-state index in [4.69, 9.17) is 0 Å². The molecule has 124 valence electrons. The van der Waals surface area contributed by atoms with Crippen molar-refractivity contribution in [2.45, 2.75) is 26.2 Å². The number of benzene rings is 1. The average Bonchev–Trinajstić information content (AvgIpc) is 2.43. The van der Waals surface area contributed by atoms with Gasteiger partial charge in [0.2, 0.25) is 5.75 Å². The number of nitro groups is 4. The lowest BCUT2D eigenvalue weighted by Gasteiger charge is -2.12. The maximum absolute atomic E-state index is 11.2. The minimum Gasteiger partial charge on any atom is -0.502 e. The van der Waals surface area contributed by atoms with Crippen LogP contribution in [0.15, 0.2) is 0 Å². The van der Waals surface area contributed by atoms with Gasteiger partial charge in [0, 0.05) is 0 Å². The van der Waals surface area contributed by atoms with Crippen molar-refractivity contribution in [3.05, 3.63) is 46.0 Å². The summed E-state index contributed by atoms with van der Waals surface area (Å²) in [6.07, 6.45) is 0.139. The van der Waals surface area contributed by atoms with Gasteiger partial charge >= 0.3 is 22.7 Å². The third-order valence-corrected chi connectivity index (χ3v) is 3.24. The van der Waals surface area contributed by atoms with Gasteiger partial charge in [-0.1, -0.05) is 13.8 Å². The third kappa shape index (κ3) is 2.83. The van der Waals surface area contributed by atoms with Crippen LogP contribution in [-0.2, 0) is 0 Å². The van der Waals surface area contributed by atoms with Crippen molar-refractivity contribution in [1.29, 1.82) is 0 Å². The molecular formula is C10H10N4O9. The van der Waals surface area contributed by atoms with E-state index < -0.39 is 59.7 Å². The van der Waals surface area contributed by atoms with Gasteiger partial charge in [-0.25, -0.2) is 0 Å². The Bertz CT molecular complexity index is 730. The number of rotatable bonds is 6. The van der Waals surface area contributed by atoms with E-state index in [1.165, 1.54) is 13.8 Å². The number of hydrogen-bond acceptors (Lipinski definition) is 9. The highest BCUT2D eigenvalue weighted by Gasteiger charge is 2.50. The minimum absolute atomic E-state index is 0.139. The van der Waals surface area contributed by atoms with Gasteiger partial charge in [-0.3, -0.25) is 40.5 Å². The molecular weight excluding hydrogens is 320 g/mol. The van der Waals surface area contributed by atoms with Crippen LogP contribution in [-0.4, -0.2) is 24.8 Å². The molecule has 0 fully saturated rings. The lowest BCUT2D eigenvalue weighted by molar-refractivity contribution is -0.452. The van der Waals surface area contributed by atoms with Crippen LogP contribution in [0, 0.1) is 40.5 Å². The van der Waals surface area contributed by atoms with Crippen molar-refractivity contribution in [3.63, 3.8) is 0 Å². The molecule has 13 heteroatoms. The van der Waals surface area contributed by atoms with Crippen LogP contribution >= 0.6 is 0 Å². The van der Waals surface area contributed by atoms with Crippen LogP contribution in [0.4, 0.5) is 22.7 Å². The highest BCUT2D eigenvalue weighted by Crippen LogP contribution is 2.53. The van der Waals surface area contributed by atoms with Crippen LogP contribution in [0.1, 0.15) is 31.7 Å². The Balaban J connectivity index is 4.25. The average molecular weight is 330 g/mol. The van der Waals surface area contributed by atoms with Crippen LogP contribution in [0.2, 0.25) is 0 Å². The van der Waals surface area contributed by atoms with Crippen LogP contribution < -0.4 is 0 Å². The first-order chi connectivity index (χ1) is 10.6. The maximum Gasteiger partial charge on any atom is 0.433 e. The summed E-state index contributed by atoms with van der Waals surface area (Å²) in [5.74, 6) is -2.19. The molecule has 13 nitrogen and oxygen atoms in total. The standard InChI is InChI=1S/C10H10N4O9/c1-3-4(2)5-6(11(16)17)7(12(18)19)8(13(20)21)9(10(5)15)14(22)23/h4,15H,3H2,1-2H3. The highest BCUT2D eigenvalue weighted by molar-refractivity contribution is 5.83. The summed E-state index contributed by atoms with van der Waals surface area (Å²) in [6.45, 7) is 2.86. The van der Waals surface area contributed by atoms with E-state index >= 15 is 0 Å². The molecule has 1 aromatic rings. The van der Waals surface area contributed by atoms with Gasteiger partial charge in [0.15, 0.2) is 0 Å². The molecule has 0 spiro atoms. The summed E-state index contributed by atoms with van der Waals surface area (Å²) in [4.78, 5) is 38.7. The van der Waals surface area contributed by atoms with Gasteiger partial charge in [-0.15, -0.1) is 0 Å². The van der Waals surface area contributed by atoms with Gasteiger partial charge in [0.1, 0.15) is 0 Å². The summed E-state index contributed by atoms with van der Waals surface area (Å²) in [5.41, 5.74) is -6.89. The summed E-state index contributed by atoms with van der Waals surface area (Å²) >= 11 is 0. The molecule has 0 aliphatic rings. The molecule has 0 heterocycles. The van der Waals surface area contributed by atoms with E-state index in [0.717, 1.165) is 0 Å². The van der Waals surface area contributed by atoms with Gasteiger partial charge < -0.3 is 5.11 Å². The zero-order valence-electron chi connectivity index (χ0n) is 11.8. The Hall–Kier alpha value is -3.38. The van der Waals surface area contributed by atoms with Gasteiger partial charge in [0.05, 0.1) is 25.3 Å². The van der Waals surface area contributed by atoms with Crippen LogP contribution in [0.5, 0.6) is 5.75 Å². The number of nitro benzene ring substituents is 4. The highest BCUT2D eigenvalue weighted by atomic mass is 16.7. The predicted molar refractivity (Wildman–Crippen MR) is 73.4 cm³/mol. The van der Waals surface area contributed by atoms with Crippen molar-refractivity contribution in [2.24, 2.45) is 0 Å². The van der Waals surface area contributed by atoms with E-state index in [2.05, 4.69) is 0 Å². The van der Waals surface area contributed by atoms with Gasteiger partial charge in [-0.2, -0.15) is 0 Å². The molecule has 0 aliphatic carbocycles. The predicted octanol–water partition coefficient (Wildman–Crippen LogP) is 2.54. The van der Waals surface area contributed by atoms with Crippen LogP contribution in [0.3, 0.4) is 0 Å². The topological polar surface area (TPSA) is 193 Å². The van der Waals surface area contributed by atoms with E-state index in [1.807, 2.05) is 0 Å². The van der Waals surface area contributed by atoms with E-state index in [0.29, 0.717) is 0 Å². The van der Waals surface area contributed by atoms with Gasteiger partial charge in [0.25, 0.3) is 0 Å². The summed E-state index contributed by atoms with van der Waals surface area (Å²) in [7, 11) is 0. The maximum atomic E-state index is 11.2. The number of aromatic hydroxyl groups is 1. The lowest BCUT2D eigenvalue weighted by atomic mass is 9.93. The number of phenolic OH excluding ortho intramolecular Hbond substituents is 1. The zero-order valence-corrected chi connectivity index (χ0v) is 11.8. The second-order valence-corrected chi connectivity index (χ2v) is 4.49. The molecule has 0 aromatic heterocycles. The molecule has 0 radical (unpaired) electrons. The number of phenols is 1. The van der Waals surface area contributed by atoms with E-state index in [9.17, 15) is 45.6 Å². The largest absolute Gasteiger partial charge is 0.502 e.